The quantitative estimate of drug-likeness (QED) is 0.772. The average Bonchev–Trinajstić information content (AvgIpc) is 3.13. The van der Waals surface area contributed by atoms with Gasteiger partial charge in [-0.2, -0.15) is 0 Å². The molecule has 3 aliphatic rings. The van der Waals surface area contributed by atoms with Gasteiger partial charge in [0.25, 0.3) is 5.91 Å². The van der Waals surface area contributed by atoms with Gasteiger partial charge in [0.15, 0.2) is 12.2 Å². The molecule has 1 saturated heterocycles. The molecule has 1 fully saturated rings. The molecule has 4 rings (SSSR count). The van der Waals surface area contributed by atoms with Crippen LogP contribution in [0.2, 0.25) is 10.0 Å². The molecule has 0 spiro atoms. The number of allylic oxidation sites excluding steroid dienone is 1. The molecule has 0 aliphatic carbocycles. The fourth-order valence-electron chi connectivity index (χ4n) is 3.78. The molecular weight excluding hydrogens is 389 g/mol. The SMILES string of the molecule is CCN1C(C)=CN2C1=NC1C2C(=O)N(Cc2c(Cl)cccc2Cl)C(=O)N1C. The summed E-state index contributed by atoms with van der Waals surface area (Å²) >= 11 is 12.5. The van der Waals surface area contributed by atoms with Crippen molar-refractivity contribution >= 4 is 41.1 Å². The van der Waals surface area contributed by atoms with E-state index in [2.05, 4.69) is 4.99 Å². The van der Waals surface area contributed by atoms with Crippen LogP contribution < -0.4 is 0 Å². The Kier molecular flexibility index (Phi) is 4.31. The summed E-state index contributed by atoms with van der Waals surface area (Å²) in [6.07, 6.45) is 1.37. The molecule has 0 radical (unpaired) electrons. The summed E-state index contributed by atoms with van der Waals surface area (Å²) in [7, 11) is 1.66. The standard InChI is InChI=1S/C18H19Cl2N5O2/c1-4-23-10(2)8-24-14-15(21-17(23)24)22(3)18(27)25(16(14)26)9-11-12(19)6-5-7-13(11)20/h5-8,14-15H,4,9H2,1-3H3. The Labute approximate surface area is 167 Å². The molecule has 1 aromatic carbocycles. The van der Waals surface area contributed by atoms with Crippen molar-refractivity contribution in [1.82, 2.24) is 19.6 Å². The summed E-state index contributed by atoms with van der Waals surface area (Å²) in [5.41, 5.74) is 1.57. The van der Waals surface area contributed by atoms with Gasteiger partial charge in [0.2, 0.25) is 5.96 Å². The highest BCUT2D eigenvalue weighted by atomic mass is 35.5. The number of imide groups is 1. The van der Waals surface area contributed by atoms with Crippen LogP contribution in [-0.2, 0) is 11.3 Å². The molecule has 0 N–H and O–H groups in total. The largest absolute Gasteiger partial charge is 0.328 e. The third-order valence-electron chi connectivity index (χ3n) is 5.20. The minimum Gasteiger partial charge on any atom is -0.315 e. The van der Waals surface area contributed by atoms with E-state index in [1.165, 1.54) is 9.80 Å². The van der Waals surface area contributed by atoms with Crippen LogP contribution in [-0.4, -0.2) is 63.3 Å². The van der Waals surface area contributed by atoms with Crippen LogP contribution in [0.5, 0.6) is 0 Å². The second-order valence-corrected chi connectivity index (χ2v) is 7.54. The second-order valence-electron chi connectivity index (χ2n) is 6.73. The molecule has 0 aromatic heterocycles. The van der Waals surface area contributed by atoms with Crippen molar-refractivity contribution in [2.45, 2.75) is 32.6 Å². The van der Waals surface area contributed by atoms with Gasteiger partial charge in [0.05, 0.1) is 6.54 Å². The Hall–Kier alpha value is -2.25. The fourth-order valence-corrected chi connectivity index (χ4v) is 4.30. The maximum atomic E-state index is 13.3. The van der Waals surface area contributed by atoms with E-state index in [-0.39, 0.29) is 12.5 Å². The summed E-state index contributed by atoms with van der Waals surface area (Å²) < 4.78 is 0. The topological polar surface area (TPSA) is 59.5 Å². The van der Waals surface area contributed by atoms with Crippen LogP contribution in [0.3, 0.4) is 0 Å². The zero-order valence-corrected chi connectivity index (χ0v) is 16.7. The normalized spacial score (nSPS) is 24.3. The number of hydrogen-bond acceptors (Lipinski definition) is 5. The molecule has 142 valence electrons. The van der Waals surface area contributed by atoms with Crippen molar-refractivity contribution < 1.29 is 9.59 Å². The highest BCUT2D eigenvalue weighted by Crippen LogP contribution is 2.35. The third kappa shape index (κ3) is 2.60. The maximum Gasteiger partial charge on any atom is 0.328 e. The number of rotatable bonds is 3. The fraction of sp³-hybridized carbons (Fsp3) is 0.389. The summed E-state index contributed by atoms with van der Waals surface area (Å²) in [5.74, 6) is 0.399. The van der Waals surface area contributed by atoms with Gasteiger partial charge in [0.1, 0.15) is 0 Å². The van der Waals surface area contributed by atoms with Gasteiger partial charge >= 0.3 is 6.03 Å². The molecule has 2 atom stereocenters. The molecular formula is C18H19Cl2N5O2. The van der Waals surface area contributed by atoms with Crippen LogP contribution in [0.25, 0.3) is 0 Å². The highest BCUT2D eigenvalue weighted by Gasteiger charge is 2.54. The molecule has 9 heteroatoms. The third-order valence-corrected chi connectivity index (χ3v) is 5.90. The first-order valence-electron chi connectivity index (χ1n) is 8.68. The van der Waals surface area contributed by atoms with Gasteiger partial charge in [-0.15, -0.1) is 0 Å². The Morgan fingerprint density at radius 3 is 2.44 bits per heavy atom. The smallest absolute Gasteiger partial charge is 0.315 e. The van der Waals surface area contributed by atoms with E-state index in [0.717, 1.165) is 12.2 Å². The van der Waals surface area contributed by atoms with Crippen LogP contribution in [0.15, 0.2) is 35.1 Å². The average molecular weight is 408 g/mol. The van der Waals surface area contributed by atoms with Gasteiger partial charge in [-0.1, -0.05) is 29.3 Å². The van der Waals surface area contributed by atoms with E-state index in [9.17, 15) is 9.59 Å². The number of nitrogens with zero attached hydrogens (tertiary/aromatic N) is 5. The molecule has 0 bridgehead atoms. The van der Waals surface area contributed by atoms with Crippen molar-refractivity contribution in [3.05, 3.63) is 45.7 Å². The number of carbonyl (C=O) groups is 2. The van der Waals surface area contributed by atoms with E-state index in [1.807, 2.05) is 29.8 Å². The number of guanidine groups is 1. The molecule has 0 saturated carbocycles. The molecule has 3 heterocycles. The minimum atomic E-state index is -0.588. The lowest BCUT2D eigenvalue weighted by Crippen LogP contribution is -2.63. The lowest BCUT2D eigenvalue weighted by atomic mass is 10.1. The van der Waals surface area contributed by atoms with Crippen molar-refractivity contribution in [3.63, 3.8) is 0 Å². The van der Waals surface area contributed by atoms with Gasteiger partial charge in [-0.05, 0) is 26.0 Å². The first-order chi connectivity index (χ1) is 12.8. The summed E-state index contributed by atoms with van der Waals surface area (Å²) in [6.45, 7) is 4.76. The van der Waals surface area contributed by atoms with Crippen molar-refractivity contribution in [1.29, 1.82) is 0 Å². The minimum absolute atomic E-state index is 0.0209. The number of carbonyl (C=O) groups excluding carboxylic acids is 2. The van der Waals surface area contributed by atoms with Crippen molar-refractivity contribution in [2.75, 3.05) is 13.6 Å². The number of benzene rings is 1. The molecule has 3 amide bonds. The predicted octanol–water partition coefficient (Wildman–Crippen LogP) is 2.95. The highest BCUT2D eigenvalue weighted by molar-refractivity contribution is 6.36. The lowest BCUT2D eigenvalue weighted by Gasteiger charge is -2.40. The summed E-state index contributed by atoms with van der Waals surface area (Å²) in [6, 6.07) is 4.11. The van der Waals surface area contributed by atoms with E-state index in [1.54, 1.807) is 25.2 Å². The van der Waals surface area contributed by atoms with E-state index in [0.29, 0.717) is 21.6 Å². The Balaban J connectivity index is 1.69. The van der Waals surface area contributed by atoms with Crippen LogP contribution in [0.4, 0.5) is 4.79 Å². The second kappa shape index (κ2) is 6.42. The number of halogens is 2. The van der Waals surface area contributed by atoms with Crippen LogP contribution in [0, 0.1) is 0 Å². The number of aliphatic imine (C=N–C) groups is 1. The maximum absolute atomic E-state index is 13.3. The van der Waals surface area contributed by atoms with Gasteiger partial charge in [0, 0.05) is 41.1 Å². The molecule has 3 aliphatic heterocycles. The van der Waals surface area contributed by atoms with Crippen molar-refractivity contribution in [3.8, 4) is 0 Å². The van der Waals surface area contributed by atoms with Gasteiger partial charge in [-0.25, -0.2) is 9.79 Å². The molecule has 1 aromatic rings. The van der Waals surface area contributed by atoms with E-state index < -0.39 is 18.2 Å². The van der Waals surface area contributed by atoms with Crippen LogP contribution >= 0.6 is 23.2 Å². The molecule has 27 heavy (non-hydrogen) atoms. The first-order valence-corrected chi connectivity index (χ1v) is 9.44. The zero-order valence-electron chi connectivity index (χ0n) is 15.2. The number of hydrogen-bond donors (Lipinski definition) is 0. The summed E-state index contributed by atoms with van der Waals surface area (Å²) in [4.78, 5) is 37.4. The lowest BCUT2D eigenvalue weighted by molar-refractivity contribution is -0.137. The zero-order chi connectivity index (χ0) is 19.5. The van der Waals surface area contributed by atoms with E-state index >= 15 is 0 Å². The Morgan fingerprint density at radius 2 is 1.81 bits per heavy atom. The van der Waals surface area contributed by atoms with Gasteiger partial charge < -0.3 is 14.7 Å². The first kappa shape index (κ1) is 18.1. The number of amides is 3. The van der Waals surface area contributed by atoms with Crippen LogP contribution in [0.1, 0.15) is 19.4 Å². The summed E-state index contributed by atoms with van der Waals surface area (Å²) in [5, 5.41) is 0.843. The van der Waals surface area contributed by atoms with Gasteiger partial charge in [-0.3, -0.25) is 9.69 Å². The van der Waals surface area contributed by atoms with E-state index in [4.69, 9.17) is 23.2 Å². The Bertz CT molecular complexity index is 879. The Morgan fingerprint density at radius 1 is 1.15 bits per heavy atom. The predicted molar refractivity (Wildman–Crippen MR) is 103 cm³/mol. The number of fused-ring (bicyclic) bond motifs is 3. The monoisotopic (exact) mass is 407 g/mol. The number of urea groups is 1. The van der Waals surface area contributed by atoms with Crippen molar-refractivity contribution in [2.24, 2.45) is 4.99 Å². The number of likely N-dealkylation sites (N-methyl/N-ethyl adjacent to an activating group) is 1. The molecule has 2 unspecified atom stereocenters. The molecule has 7 nitrogen and oxygen atoms in total.